The number of nitrogen functional groups attached to an aromatic ring is 1. The second kappa shape index (κ2) is 7.84. The summed E-state index contributed by atoms with van der Waals surface area (Å²) in [5.41, 5.74) is 6.75. The summed E-state index contributed by atoms with van der Waals surface area (Å²) in [6.45, 7) is 5.43. The van der Waals surface area contributed by atoms with Crippen molar-refractivity contribution in [2.75, 3.05) is 5.73 Å². The van der Waals surface area contributed by atoms with Crippen LogP contribution in [0.15, 0.2) is 18.2 Å². The predicted octanol–water partition coefficient (Wildman–Crippen LogP) is 0.951. The molecule has 0 aromatic heterocycles. The van der Waals surface area contributed by atoms with Gasteiger partial charge in [-0.3, -0.25) is 20.2 Å². The quantitative estimate of drug-likeness (QED) is 0.153. The molecule has 27 heavy (non-hydrogen) atoms. The van der Waals surface area contributed by atoms with Gasteiger partial charge in [-0.25, -0.2) is 5.43 Å². The number of nitrogens with two attached hydrogens (primary N) is 2. The van der Waals surface area contributed by atoms with Crippen molar-refractivity contribution in [3.8, 4) is 0 Å². The SMILES string of the molecule is CC(C)(C)[C@H](NC(=O)c1ccc(N)c(Cl)c1)C(=O)NC(C=O)(NN)C1CC1. The van der Waals surface area contributed by atoms with Crippen LogP contribution in [-0.4, -0.2) is 29.8 Å². The van der Waals surface area contributed by atoms with Crippen LogP contribution < -0.4 is 27.6 Å². The molecule has 2 atom stereocenters. The Labute approximate surface area is 163 Å². The molecule has 8 nitrogen and oxygen atoms in total. The van der Waals surface area contributed by atoms with E-state index in [1.54, 1.807) is 0 Å². The number of nitrogens with one attached hydrogen (secondary N) is 3. The molecular formula is C18H26ClN5O3. The summed E-state index contributed by atoms with van der Waals surface area (Å²) in [7, 11) is 0. The lowest BCUT2D eigenvalue weighted by atomic mass is 9.85. The second-order valence-corrected chi connectivity index (χ2v) is 8.31. The van der Waals surface area contributed by atoms with Crippen LogP contribution in [0.25, 0.3) is 0 Å². The number of halogens is 1. The predicted molar refractivity (Wildman–Crippen MR) is 104 cm³/mol. The van der Waals surface area contributed by atoms with E-state index in [0.717, 1.165) is 12.8 Å². The van der Waals surface area contributed by atoms with Crippen molar-refractivity contribution in [3.05, 3.63) is 28.8 Å². The lowest BCUT2D eigenvalue weighted by Gasteiger charge is -2.35. The van der Waals surface area contributed by atoms with Crippen molar-refractivity contribution >= 4 is 35.4 Å². The molecule has 1 aliphatic rings. The fraction of sp³-hybridized carbons (Fsp3) is 0.500. The highest BCUT2D eigenvalue weighted by atomic mass is 35.5. The molecule has 0 saturated heterocycles. The van der Waals surface area contributed by atoms with E-state index in [9.17, 15) is 14.4 Å². The van der Waals surface area contributed by atoms with Crippen LogP contribution in [-0.2, 0) is 9.59 Å². The van der Waals surface area contributed by atoms with Gasteiger partial charge in [0, 0.05) is 11.5 Å². The molecule has 1 saturated carbocycles. The summed E-state index contributed by atoms with van der Waals surface area (Å²) in [5.74, 6) is 4.48. The molecule has 0 aliphatic heterocycles. The first-order chi connectivity index (χ1) is 12.5. The summed E-state index contributed by atoms with van der Waals surface area (Å²) in [5, 5.41) is 5.64. The van der Waals surface area contributed by atoms with Crippen molar-refractivity contribution in [2.45, 2.75) is 45.3 Å². The number of anilines is 1. The van der Waals surface area contributed by atoms with Gasteiger partial charge in [-0.05, 0) is 36.5 Å². The molecule has 2 amide bonds. The maximum absolute atomic E-state index is 12.9. The zero-order chi connectivity index (χ0) is 20.4. The highest BCUT2D eigenvalue weighted by molar-refractivity contribution is 6.33. The lowest BCUT2D eigenvalue weighted by molar-refractivity contribution is -0.131. The van der Waals surface area contributed by atoms with Crippen LogP contribution in [0.2, 0.25) is 5.02 Å². The maximum Gasteiger partial charge on any atom is 0.252 e. The molecule has 0 spiro atoms. The number of hydrogen-bond acceptors (Lipinski definition) is 6. The number of amides is 2. The lowest BCUT2D eigenvalue weighted by Crippen LogP contribution is -2.68. The Hall–Kier alpha value is -2.16. The van der Waals surface area contributed by atoms with Crippen LogP contribution in [0.3, 0.4) is 0 Å². The molecule has 148 valence electrons. The molecule has 7 N–H and O–H groups in total. The Bertz CT molecular complexity index is 745. The minimum absolute atomic E-state index is 0.0730. The van der Waals surface area contributed by atoms with Crippen LogP contribution in [0.4, 0.5) is 5.69 Å². The Morgan fingerprint density at radius 1 is 1.30 bits per heavy atom. The first-order valence-corrected chi connectivity index (χ1v) is 9.04. The smallest absolute Gasteiger partial charge is 0.252 e. The van der Waals surface area contributed by atoms with Crippen LogP contribution in [0, 0.1) is 11.3 Å². The zero-order valence-corrected chi connectivity index (χ0v) is 16.4. The summed E-state index contributed by atoms with van der Waals surface area (Å²) < 4.78 is 0. The normalized spacial score (nSPS) is 17.5. The van der Waals surface area contributed by atoms with Crippen LogP contribution in [0.1, 0.15) is 44.0 Å². The van der Waals surface area contributed by atoms with Crippen LogP contribution in [0.5, 0.6) is 0 Å². The molecule has 9 heteroatoms. The van der Waals surface area contributed by atoms with Crippen LogP contribution >= 0.6 is 11.6 Å². The van der Waals surface area contributed by atoms with Gasteiger partial charge < -0.3 is 16.4 Å². The van der Waals surface area contributed by atoms with E-state index in [4.69, 9.17) is 23.2 Å². The van der Waals surface area contributed by atoms with Crippen molar-refractivity contribution in [1.29, 1.82) is 0 Å². The van der Waals surface area contributed by atoms with Gasteiger partial charge in [0.25, 0.3) is 5.91 Å². The molecule has 1 aliphatic carbocycles. The summed E-state index contributed by atoms with van der Waals surface area (Å²) in [6, 6.07) is 3.57. The molecule has 0 bridgehead atoms. The maximum atomic E-state index is 12.9. The zero-order valence-electron chi connectivity index (χ0n) is 15.6. The molecule has 1 aromatic rings. The summed E-state index contributed by atoms with van der Waals surface area (Å²) in [4.78, 5) is 37.1. The van der Waals surface area contributed by atoms with Gasteiger partial charge in [-0.2, -0.15) is 0 Å². The minimum atomic E-state index is -1.34. The van der Waals surface area contributed by atoms with Crippen molar-refractivity contribution < 1.29 is 14.4 Å². The van der Waals surface area contributed by atoms with Crippen molar-refractivity contribution in [1.82, 2.24) is 16.1 Å². The number of carbonyl (C=O) groups excluding carboxylic acids is 3. The van der Waals surface area contributed by atoms with Gasteiger partial charge in [-0.15, -0.1) is 0 Å². The molecule has 1 aromatic carbocycles. The molecule has 0 heterocycles. The average molecular weight is 396 g/mol. The standard InChI is InChI=1S/C18H26ClN5O3/c1-17(2,3)14(16(27)23-18(9-25,24-21)11-5-6-11)22-15(26)10-4-7-13(20)12(19)8-10/h4,7-9,11,14,24H,5-6,20-21H2,1-3H3,(H,22,26)(H,23,27)/t14-,18?/m1/s1. The monoisotopic (exact) mass is 395 g/mol. The first-order valence-electron chi connectivity index (χ1n) is 8.66. The number of hydrogen-bond donors (Lipinski definition) is 5. The fourth-order valence-corrected chi connectivity index (χ4v) is 2.97. The first kappa shape index (κ1) is 21.1. The average Bonchev–Trinajstić information content (AvgIpc) is 3.44. The fourth-order valence-electron chi connectivity index (χ4n) is 2.79. The highest BCUT2D eigenvalue weighted by Gasteiger charge is 2.48. The van der Waals surface area contributed by atoms with E-state index in [-0.39, 0.29) is 16.5 Å². The Balaban J connectivity index is 2.21. The van der Waals surface area contributed by atoms with E-state index in [2.05, 4.69) is 16.1 Å². The highest BCUT2D eigenvalue weighted by Crippen LogP contribution is 2.37. The molecule has 2 rings (SSSR count). The molecule has 1 fully saturated rings. The van der Waals surface area contributed by atoms with E-state index in [0.29, 0.717) is 12.0 Å². The van der Waals surface area contributed by atoms with Gasteiger partial charge in [0.15, 0.2) is 11.9 Å². The number of aldehydes is 1. The van der Waals surface area contributed by atoms with E-state index >= 15 is 0 Å². The van der Waals surface area contributed by atoms with Gasteiger partial charge >= 0.3 is 0 Å². The minimum Gasteiger partial charge on any atom is -0.398 e. The van der Waals surface area contributed by atoms with Gasteiger partial charge in [-0.1, -0.05) is 32.4 Å². The third-order valence-electron chi connectivity index (χ3n) is 4.64. The summed E-state index contributed by atoms with van der Waals surface area (Å²) in [6.07, 6.45) is 2.16. The van der Waals surface area contributed by atoms with E-state index < -0.39 is 28.9 Å². The Morgan fingerprint density at radius 2 is 1.93 bits per heavy atom. The van der Waals surface area contributed by atoms with E-state index in [1.807, 2.05) is 20.8 Å². The largest absolute Gasteiger partial charge is 0.398 e. The Morgan fingerprint density at radius 3 is 2.37 bits per heavy atom. The Kier molecular flexibility index (Phi) is 6.14. The van der Waals surface area contributed by atoms with Gasteiger partial charge in [0.2, 0.25) is 5.91 Å². The van der Waals surface area contributed by atoms with Crippen molar-refractivity contribution in [2.24, 2.45) is 17.2 Å². The third kappa shape index (κ3) is 4.77. The number of benzene rings is 1. The third-order valence-corrected chi connectivity index (χ3v) is 4.97. The van der Waals surface area contributed by atoms with Gasteiger partial charge in [0.05, 0.1) is 10.7 Å². The second-order valence-electron chi connectivity index (χ2n) is 7.90. The topological polar surface area (TPSA) is 139 Å². The summed E-state index contributed by atoms with van der Waals surface area (Å²) >= 11 is 5.97. The molecular weight excluding hydrogens is 370 g/mol. The van der Waals surface area contributed by atoms with Crippen molar-refractivity contribution in [3.63, 3.8) is 0 Å². The molecule has 1 unspecified atom stereocenters. The van der Waals surface area contributed by atoms with E-state index in [1.165, 1.54) is 18.2 Å². The molecule has 0 radical (unpaired) electrons. The number of hydrazine groups is 1. The number of rotatable bonds is 7. The van der Waals surface area contributed by atoms with Gasteiger partial charge in [0.1, 0.15) is 6.04 Å². The number of carbonyl (C=O) groups is 3.